The average molecular weight is 273 g/mol. The largest absolute Gasteiger partial charge is 0.340 e. The van der Waals surface area contributed by atoms with E-state index < -0.39 is 0 Å². The maximum atomic E-state index is 12.5. The van der Waals surface area contributed by atoms with Gasteiger partial charge in [-0.25, -0.2) is 0 Å². The standard InChI is InChI=1S/C16H23N3O/c1-13-7-8-15(14(12-13)6-5-9-17)16(20)19(4)11-10-18(2)3/h7-8,12H,9-11,17H2,1-4H3. The monoisotopic (exact) mass is 273 g/mol. The molecule has 1 amide bonds. The van der Waals surface area contributed by atoms with Crippen LogP contribution in [-0.4, -0.2) is 56.5 Å². The van der Waals surface area contributed by atoms with E-state index in [1.54, 1.807) is 4.90 Å². The summed E-state index contributed by atoms with van der Waals surface area (Å²) in [5, 5.41) is 0. The molecule has 4 heteroatoms. The number of carbonyl (C=O) groups excluding carboxylic acids is 1. The molecular weight excluding hydrogens is 250 g/mol. The molecule has 0 unspecified atom stereocenters. The molecule has 0 heterocycles. The van der Waals surface area contributed by atoms with Crippen LogP contribution < -0.4 is 5.73 Å². The molecule has 0 radical (unpaired) electrons. The highest BCUT2D eigenvalue weighted by atomic mass is 16.2. The predicted molar refractivity (Wildman–Crippen MR) is 82.6 cm³/mol. The van der Waals surface area contributed by atoms with Crippen molar-refractivity contribution >= 4 is 5.91 Å². The first-order chi connectivity index (χ1) is 9.45. The summed E-state index contributed by atoms with van der Waals surface area (Å²) in [7, 11) is 5.79. The summed E-state index contributed by atoms with van der Waals surface area (Å²) in [6.45, 7) is 3.79. The fourth-order valence-corrected chi connectivity index (χ4v) is 1.75. The first-order valence-corrected chi connectivity index (χ1v) is 6.65. The Kier molecular flexibility index (Phi) is 6.23. The molecule has 0 bridgehead atoms. The van der Waals surface area contributed by atoms with E-state index in [0.29, 0.717) is 12.1 Å². The Bertz CT molecular complexity index is 526. The van der Waals surface area contributed by atoms with Gasteiger partial charge in [-0.1, -0.05) is 17.9 Å². The number of aryl methyl sites for hydroxylation is 1. The van der Waals surface area contributed by atoms with Gasteiger partial charge in [0, 0.05) is 25.7 Å². The van der Waals surface area contributed by atoms with Crippen LogP contribution in [0.25, 0.3) is 0 Å². The number of rotatable bonds is 4. The van der Waals surface area contributed by atoms with Crippen LogP contribution in [0.1, 0.15) is 21.5 Å². The van der Waals surface area contributed by atoms with Crippen molar-refractivity contribution < 1.29 is 4.79 Å². The second-order valence-electron chi connectivity index (χ2n) is 5.08. The highest BCUT2D eigenvalue weighted by Crippen LogP contribution is 2.13. The molecule has 1 rings (SSSR count). The highest BCUT2D eigenvalue weighted by Gasteiger charge is 2.15. The molecule has 4 nitrogen and oxygen atoms in total. The van der Waals surface area contributed by atoms with E-state index in [1.165, 1.54) is 0 Å². The number of benzene rings is 1. The molecule has 108 valence electrons. The molecule has 1 aromatic carbocycles. The van der Waals surface area contributed by atoms with E-state index in [0.717, 1.165) is 17.7 Å². The SMILES string of the molecule is Cc1ccc(C(=O)N(C)CCN(C)C)c(C#CCN)c1. The Balaban J connectivity index is 2.97. The molecule has 0 aromatic heterocycles. The van der Waals surface area contributed by atoms with Crippen LogP contribution in [0.5, 0.6) is 0 Å². The quantitative estimate of drug-likeness (QED) is 0.831. The first-order valence-electron chi connectivity index (χ1n) is 6.65. The second kappa shape index (κ2) is 7.68. The number of hydrogen-bond donors (Lipinski definition) is 1. The van der Waals surface area contributed by atoms with E-state index in [4.69, 9.17) is 5.73 Å². The van der Waals surface area contributed by atoms with Gasteiger partial charge in [-0.3, -0.25) is 4.79 Å². The van der Waals surface area contributed by atoms with Crippen LogP contribution in [0.15, 0.2) is 18.2 Å². The summed E-state index contributed by atoms with van der Waals surface area (Å²) in [6, 6.07) is 5.70. The van der Waals surface area contributed by atoms with Crippen LogP contribution >= 0.6 is 0 Å². The van der Waals surface area contributed by atoms with Gasteiger partial charge < -0.3 is 15.5 Å². The lowest BCUT2D eigenvalue weighted by Gasteiger charge is -2.20. The van der Waals surface area contributed by atoms with Crippen molar-refractivity contribution in [2.45, 2.75) is 6.92 Å². The third-order valence-corrected chi connectivity index (χ3v) is 2.96. The summed E-state index contributed by atoms with van der Waals surface area (Å²) in [5.41, 5.74) is 7.87. The minimum atomic E-state index is -0.00632. The molecule has 0 saturated heterocycles. The lowest BCUT2D eigenvalue weighted by atomic mass is 10.0. The number of nitrogens with zero attached hydrogens (tertiary/aromatic N) is 2. The third kappa shape index (κ3) is 4.69. The number of amides is 1. The van der Waals surface area contributed by atoms with Gasteiger partial charge >= 0.3 is 0 Å². The molecular formula is C16H23N3O. The predicted octanol–water partition coefficient (Wildman–Crippen LogP) is 0.939. The molecule has 0 aliphatic rings. The Hall–Kier alpha value is -1.83. The average Bonchev–Trinajstić information content (AvgIpc) is 2.41. The molecule has 0 fully saturated rings. The zero-order valence-electron chi connectivity index (χ0n) is 12.7. The van der Waals surface area contributed by atoms with Crippen molar-refractivity contribution in [1.29, 1.82) is 0 Å². The number of carbonyl (C=O) groups is 1. The van der Waals surface area contributed by atoms with E-state index in [-0.39, 0.29) is 12.5 Å². The van der Waals surface area contributed by atoms with E-state index >= 15 is 0 Å². The van der Waals surface area contributed by atoms with Crippen molar-refractivity contribution in [3.05, 3.63) is 34.9 Å². The summed E-state index contributed by atoms with van der Waals surface area (Å²) in [4.78, 5) is 16.2. The number of hydrogen-bond acceptors (Lipinski definition) is 3. The van der Waals surface area contributed by atoms with Gasteiger partial charge in [0.1, 0.15) is 0 Å². The van der Waals surface area contributed by atoms with Gasteiger partial charge in [0.05, 0.1) is 12.1 Å². The Labute approximate surface area is 121 Å². The van der Waals surface area contributed by atoms with E-state index in [1.807, 2.05) is 51.2 Å². The summed E-state index contributed by atoms with van der Waals surface area (Å²) in [6.07, 6.45) is 0. The third-order valence-electron chi connectivity index (χ3n) is 2.96. The highest BCUT2D eigenvalue weighted by molar-refractivity contribution is 5.96. The Morgan fingerprint density at radius 3 is 2.55 bits per heavy atom. The van der Waals surface area contributed by atoms with Gasteiger partial charge in [0.2, 0.25) is 0 Å². The van der Waals surface area contributed by atoms with Gasteiger partial charge in [0.25, 0.3) is 5.91 Å². The van der Waals surface area contributed by atoms with Crippen LogP contribution in [0, 0.1) is 18.8 Å². The molecule has 0 aliphatic carbocycles. The normalized spacial score (nSPS) is 10.1. The zero-order chi connectivity index (χ0) is 15.1. The van der Waals surface area contributed by atoms with Gasteiger partial charge in [-0.05, 0) is 38.7 Å². The Morgan fingerprint density at radius 2 is 1.95 bits per heavy atom. The molecule has 0 atom stereocenters. The van der Waals surface area contributed by atoms with E-state index in [2.05, 4.69) is 11.8 Å². The fourth-order valence-electron chi connectivity index (χ4n) is 1.75. The lowest BCUT2D eigenvalue weighted by molar-refractivity contribution is 0.0786. The van der Waals surface area contributed by atoms with Crippen molar-refractivity contribution in [1.82, 2.24) is 9.80 Å². The summed E-state index contributed by atoms with van der Waals surface area (Å²) >= 11 is 0. The number of nitrogens with two attached hydrogens (primary N) is 1. The van der Waals surface area contributed by atoms with Crippen LogP contribution in [0.3, 0.4) is 0 Å². The van der Waals surface area contributed by atoms with Crippen LogP contribution in [0.4, 0.5) is 0 Å². The van der Waals surface area contributed by atoms with Crippen molar-refractivity contribution in [3.8, 4) is 11.8 Å². The van der Waals surface area contributed by atoms with Crippen molar-refractivity contribution in [2.75, 3.05) is 40.8 Å². The molecule has 0 saturated carbocycles. The minimum Gasteiger partial charge on any atom is -0.340 e. The van der Waals surface area contributed by atoms with Crippen molar-refractivity contribution in [3.63, 3.8) is 0 Å². The second-order valence-corrected chi connectivity index (χ2v) is 5.08. The van der Waals surface area contributed by atoms with Crippen LogP contribution in [0.2, 0.25) is 0 Å². The maximum Gasteiger partial charge on any atom is 0.254 e. The molecule has 0 spiro atoms. The van der Waals surface area contributed by atoms with E-state index in [9.17, 15) is 4.79 Å². The topological polar surface area (TPSA) is 49.6 Å². The molecule has 1 aromatic rings. The first kappa shape index (κ1) is 16.2. The van der Waals surface area contributed by atoms with Gasteiger partial charge in [0.15, 0.2) is 0 Å². The Morgan fingerprint density at radius 1 is 1.25 bits per heavy atom. The van der Waals surface area contributed by atoms with Crippen molar-refractivity contribution in [2.24, 2.45) is 5.73 Å². The maximum absolute atomic E-state index is 12.5. The van der Waals surface area contributed by atoms with Gasteiger partial charge in [-0.15, -0.1) is 0 Å². The minimum absolute atomic E-state index is 0.00632. The summed E-state index contributed by atoms with van der Waals surface area (Å²) in [5.74, 6) is 5.79. The zero-order valence-corrected chi connectivity index (χ0v) is 12.7. The summed E-state index contributed by atoms with van der Waals surface area (Å²) < 4.78 is 0. The van der Waals surface area contributed by atoms with Gasteiger partial charge in [-0.2, -0.15) is 0 Å². The molecule has 0 aliphatic heterocycles. The smallest absolute Gasteiger partial charge is 0.254 e. The lowest BCUT2D eigenvalue weighted by Crippen LogP contribution is -2.33. The fraction of sp³-hybridized carbons (Fsp3) is 0.438. The molecule has 20 heavy (non-hydrogen) atoms. The number of likely N-dealkylation sites (N-methyl/N-ethyl adjacent to an activating group) is 2. The molecule has 2 N–H and O–H groups in total. The van der Waals surface area contributed by atoms with Crippen LogP contribution in [-0.2, 0) is 0 Å².